The van der Waals surface area contributed by atoms with E-state index in [9.17, 15) is 4.79 Å². The summed E-state index contributed by atoms with van der Waals surface area (Å²) >= 11 is 6.14. The lowest BCUT2D eigenvalue weighted by molar-refractivity contribution is -0.143. The van der Waals surface area contributed by atoms with Gasteiger partial charge in [0, 0.05) is 24.2 Å². The molecule has 1 saturated carbocycles. The third-order valence-corrected chi connectivity index (χ3v) is 6.25. The van der Waals surface area contributed by atoms with Gasteiger partial charge in [-0.1, -0.05) is 36.6 Å². The number of hydrogen-bond acceptors (Lipinski definition) is 2. The third kappa shape index (κ3) is 3.78. The number of benzene rings is 1. The maximum Gasteiger partial charge on any atom is 0.229 e. The Morgan fingerprint density at radius 2 is 2.00 bits per heavy atom. The van der Waals surface area contributed by atoms with Crippen LogP contribution in [0.5, 0.6) is 0 Å². The first-order valence-corrected chi connectivity index (χ1v) is 9.67. The molecule has 1 saturated heterocycles. The second-order valence-electron chi connectivity index (χ2n) is 7.78. The fourth-order valence-corrected chi connectivity index (χ4v) is 4.73. The van der Waals surface area contributed by atoms with Crippen molar-refractivity contribution in [1.82, 2.24) is 4.90 Å². The molecule has 1 aromatic carbocycles. The molecule has 1 aliphatic carbocycles. The molecule has 0 bridgehead atoms. The number of rotatable bonds is 4. The van der Waals surface area contributed by atoms with E-state index in [1.54, 1.807) is 0 Å². The number of nitrogens with two attached hydrogens (primary N) is 1. The average molecular weight is 349 g/mol. The van der Waals surface area contributed by atoms with E-state index >= 15 is 0 Å². The number of hydrogen-bond donors (Lipinski definition) is 1. The highest BCUT2D eigenvalue weighted by molar-refractivity contribution is 6.30. The Hall–Kier alpha value is -1.06. The molecule has 2 N–H and O–H groups in total. The lowest BCUT2D eigenvalue weighted by Crippen LogP contribution is -2.49. The number of amides is 1. The van der Waals surface area contributed by atoms with E-state index in [1.165, 1.54) is 5.56 Å². The summed E-state index contributed by atoms with van der Waals surface area (Å²) in [6.45, 7) is 3.81. The fraction of sp³-hybridized carbons (Fsp3) is 0.650. The normalized spacial score (nSPS) is 22.5. The molecule has 1 heterocycles. The Bertz CT molecular complexity index is 573. The summed E-state index contributed by atoms with van der Waals surface area (Å²) in [4.78, 5) is 15.5. The zero-order valence-corrected chi connectivity index (χ0v) is 15.4. The summed E-state index contributed by atoms with van der Waals surface area (Å²) in [5, 5.41) is 0.755. The predicted octanol–water partition coefficient (Wildman–Crippen LogP) is 4.03. The van der Waals surface area contributed by atoms with Crippen LogP contribution in [0.1, 0.15) is 51.0 Å². The fourth-order valence-electron chi connectivity index (χ4n) is 4.52. The van der Waals surface area contributed by atoms with Gasteiger partial charge in [0.2, 0.25) is 5.91 Å². The molecular formula is C20H29ClN2O. The Balaban J connectivity index is 1.72. The van der Waals surface area contributed by atoms with E-state index < -0.39 is 0 Å². The van der Waals surface area contributed by atoms with Gasteiger partial charge in [0.1, 0.15) is 0 Å². The van der Waals surface area contributed by atoms with Crippen molar-refractivity contribution in [3.8, 4) is 0 Å². The molecule has 1 amide bonds. The summed E-state index contributed by atoms with van der Waals surface area (Å²) in [6, 6.07) is 8.22. The van der Waals surface area contributed by atoms with Crippen LogP contribution in [0.4, 0.5) is 0 Å². The minimum Gasteiger partial charge on any atom is -0.342 e. The Labute approximate surface area is 150 Å². The highest BCUT2D eigenvalue weighted by Crippen LogP contribution is 2.43. The van der Waals surface area contributed by atoms with Crippen LogP contribution < -0.4 is 5.73 Å². The van der Waals surface area contributed by atoms with Gasteiger partial charge in [0.15, 0.2) is 0 Å². The molecule has 1 atom stereocenters. The van der Waals surface area contributed by atoms with Crippen LogP contribution in [-0.2, 0) is 11.2 Å². The van der Waals surface area contributed by atoms with Gasteiger partial charge < -0.3 is 10.6 Å². The minimum atomic E-state index is -0.216. The first kappa shape index (κ1) is 17.8. The summed E-state index contributed by atoms with van der Waals surface area (Å²) < 4.78 is 0. The highest BCUT2D eigenvalue weighted by Gasteiger charge is 2.44. The molecule has 1 unspecified atom stereocenters. The van der Waals surface area contributed by atoms with Crippen molar-refractivity contribution in [2.75, 3.05) is 13.1 Å². The van der Waals surface area contributed by atoms with E-state index in [4.69, 9.17) is 17.3 Å². The van der Waals surface area contributed by atoms with Gasteiger partial charge in [-0.05, 0) is 62.6 Å². The van der Waals surface area contributed by atoms with Crippen molar-refractivity contribution in [2.24, 2.45) is 17.1 Å². The van der Waals surface area contributed by atoms with Crippen molar-refractivity contribution >= 4 is 17.5 Å². The van der Waals surface area contributed by atoms with Crippen molar-refractivity contribution in [3.05, 3.63) is 34.9 Å². The lowest BCUT2D eigenvalue weighted by Gasteiger charge is -2.39. The SMILES string of the molecule is CC(N)C1CCN(C(=O)C2(Cc3cccc(Cl)c3)CCCC2)CC1. The molecule has 2 fully saturated rings. The number of carbonyl (C=O) groups excluding carboxylic acids is 1. The minimum absolute atomic E-state index is 0.216. The first-order chi connectivity index (χ1) is 11.5. The largest absolute Gasteiger partial charge is 0.342 e. The van der Waals surface area contributed by atoms with Crippen LogP contribution in [0, 0.1) is 11.3 Å². The molecule has 0 aromatic heterocycles. The Morgan fingerprint density at radius 3 is 2.58 bits per heavy atom. The molecule has 3 rings (SSSR count). The molecule has 24 heavy (non-hydrogen) atoms. The maximum absolute atomic E-state index is 13.3. The van der Waals surface area contributed by atoms with E-state index in [0.29, 0.717) is 11.8 Å². The number of likely N-dealkylation sites (tertiary alicyclic amines) is 1. The summed E-state index contributed by atoms with van der Waals surface area (Å²) in [5.41, 5.74) is 7.00. The molecule has 1 aliphatic heterocycles. The summed E-state index contributed by atoms with van der Waals surface area (Å²) in [5.74, 6) is 0.921. The van der Waals surface area contributed by atoms with Gasteiger partial charge in [-0.25, -0.2) is 0 Å². The monoisotopic (exact) mass is 348 g/mol. The predicted molar refractivity (Wildman–Crippen MR) is 99.0 cm³/mol. The summed E-state index contributed by atoms with van der Waals surface area (Å²) in [6.07, 6.45) is 7.22. The van der Waals surface area contributed by atoms with E-state index in [-0.39, 0.29) is 11.5 Å². The van der Waals surface area contributed by atoms with Crippen LogP contribution in [0.25, 0.3) is 0 Å². The molecule has 4 heteroatoms. The second kappa shape index (κ2) is 7.45. The first-order valence-electron chi connectivity index (χ1n) is 9.30. The van der Waals surface area contributed by atoms with Crippen molar-refractivity contribution in [2.45, 2.75) is 57.9 Å². The van der Waals surface area contributed by atoms with Gasteiger partial charge in [-0.15, -0.1) is 0 Å². The quantitative estimate of drug-likeness (QED) is 0.892. The van der Waals surface area contributed by atoms with Gasteiger partial charge in [-0.2, -0.15) is 0 Å². The van der Waals surface area contributed by atoms with Gasteiger partial charge in [-0.3, -0.25) is 4.79 Å². The molecule has 2 aliphatic rings. The van der Waals surface area contributed by atoms with Crippen LogP contribution in [0.3, 0.4) is 0 Å². The second-order valence-corrected chi connectivity index (χ2v) is 8.22. The molecular weight excluding hydrogens is 320 g/mol. The number of carbonyl (C=O) groups is 1. The number of halogens is 1. The smallest absolute Gasteiger partial charge is 0.229 e. The maximum atomic E-state index is 13.3. The standard InChI is InChI=1S/C20H29ClN2O/c1-15(22)17-7-11-23(12-8-17)19(24)20(9-2-3-10-20)14-16-5-4-6-18(21)13-16/h4-6,13,15,17H,2-3,7-12,14,22H2,1H3. The van der Waals surface area contributed by atoms with Crippen LogP contribution in [0.2, 0.25) is 5.02 Å². The van der Waals surface area contributed by atoms with Crippen molar-refractivity contribution in [3.63, 3.8) is 0 Å². The molecule has 0 radical (unpaired) electrons. The van der Waals surface area contributed by atoms with E-state index in [0.717, 1.165) is 63.1 Å². The topological polar surface area (TPSA) is 46.3 Å². The van der Waals surface area contributed by atoms with Gasteiger partial charge in [0.25, 0.3) is 0 Å². The zero-order valence-electron chi connectivity index (χ0n) is 14.6. The van der Waals surface area contributed by atoms with Crippen molar-refractivity contribution < 1.29 is 4.79 Å². The number of piperidine rings is 1. The highest BCUT2D eigenvalue weighted by atomic mass is 35.5. The molecule has 1 aromatic rings. The molecule has 3 nitrogen and oxygen atoms in total. The van der Waals surface area contributed by atoms with Gasteiger partial charge in [0.05, 0.1) is 5.41 Å². The van der Waals surface area contributed by atoms with Crippen LogP contribution in [-0.4, -0.2) is 29.9 Å². The zero-order chi connectivity index (χ0) is 17.2. The number of nitrogens with zero attached hydrogens (tertiary/aromatic N) is 1. The Kier molecular flexibility index (Phi) is 5.51. The van der Waals surface area contributed by atoms with Crippen molar-refractivity contribution in [1.29, 1.82) is 0 Å². The van der Waals surface area contributed by atoms with E-state index in [1.807, 2.05) is 18.2 Å². The van der Waals surface area contributed by atoms with Gasteiger partial charge >= 0.3 is 0 Å². The van der Waals surface area contributed by atoms with Crippen LogP contribution >= 0.6 is 11.6 Å². The molecule has 0 spiro atoms. The van der Waals surface area contributed by atoms with Crippen LogP contribution in [0.15, 0.2) is 24.3 Å². The van der Waals surface area contributed by atoms with E-state index in [2.05, 4.69) is 17.9 Å². The Morgan fingerprint density at radius 1 is 1.33 bits per heavy atom. The summed E-state index contributed by atoms with van der Waals surface area (Å²) in [7, 11) is 0. The average Bonchev–Trinajstić information content (AvgIpc) is 3.04. The third-order valence-electron chi connectivity index (χ3n) is 6.02. The molecule has 132 valence electrons. The lowest BCUT2D eigenvalue weighted by atomic mass is 9.78.